The molecule has 0 spiro atoms. The topological polar surface area (TPSA) is 117 Å². The molecule has 0 radical (unpaired) electrons. The van der Waals surface area contributed by atoms with Gasteiger partial charge < -0.3 is 25.2 Å². The summed E-state index contributed by atoms with van der Waals surface area (Å²) in [5, 5.41) is 15.0. The van der Waals surface area contributed by atoms with Gasteiger partial charge in [-0.2, -0.15) is 0 Å². The second-order valence-electron chi connectivity index (χ2n) is 6.40. The van der Waals surface area contributed by atoms with Crippen molar-refractivity contribution in [2.24, 2.45) is 0 Å². The first-order valence-corrected chi connectivity index (χ1v) is 10.1. The Labute approximate surface area is 186 Å². The van der Waals surface area contributed by atoms with Crippen LogP contribution in [0.2, 0.25) is 0 Å². The quantitative estimate of drug-likeness (QED) is 0.406. The lowest BCUT2D eigenvalue weighted by molar-refractivity contribution is -0.127. The number of anilines is 1. The molecule has 0 saturated carbocycles. The van der Waals surface area contributed by atoms with Crippen LogP contribution in [0.25, 0.3) is 6.08 Å². The third-order valence-electron chi connectivity index (χ3n) is 4.32. The van der Waals surface area contributed by atoms with E-state index in [4.69, 9.17) is 9.47 Å². The number of ether oxygens (including phenoxy) is 2. The average molecular weight is 490 g/mol. The normalized spacial score (nSPS) is 14.5. The molecule has 0 aromatic heterocycles. The van der Waals surface area contributed by atoms with Gasteiger partial charge in [-0.25, -0.2) is 9.69 Å². The third kappa shape index (κ3) is 4.97. The van der Waals surface area contributed by atoms with Gasteiger partial charge in [0, 0.05) is 4.47 Å². The number of phenolic OH excluding ortho intramolecular Hbond substituents is 1. The van der Waals surface area contributed by atoms with Crippen molar-refractivity contribution < 1.29 is 29.0 Å². The molecule has 3 N–H and O–H groups in total. The highest BCUT2D eigenvalue weighted by molar-refractivity contribution is 9.10. The van der Waals surface area contributed by atoms with Gasteiger partial charge >= 0.3 is 6.03 Å². The first-order chi connectivity index (χ1) is 14.8. The van der Waals surface area contributed by atoms with E-state index < -0.39 is 24.4 Å². The Balaban J connectivity index is 1.76. The van der Waals surface area contributed by atoms with Crippen molar-refractivity contribution in [3.8, 4) is 17.2 Å². The summed E-state index contributed by atoms with van der Waals surface area (Å²) in [4.78, 5) is 38.2. The second-order valence-corrected chi connectivity index (χ2v) is 7.26. The van der Waals surface area contributed by atoms with Crippen molar-refractivity contribution in [1.29, 1.82) is 0 Å². The molecule has 10 heteroatoms. The maximum absolute atomic E-state index is 12.7. The van der Waals surface area contributed by atoms with E-state index in [0.29, 0.717) is 28.1 Å². The number of carbonyl (C=O) groups excluding carboxylic acids is 3. The number of carbonyl (C=O) groups is 3. The molecule has 0 atom stereocenters. The largest absolute Gasteiger partial charge is 0.504 e. The van der Waals surface area contributed by atoms with Gasteiger partial charge in [0.1, 0.15) is 18.0 Å². The number of benzene rings is 2. The molecule has 2 aromatic carbocycles. The highest BCUT2D eigenvalue weighted by atomic mass is 79.9. The minimum Gasteiger partial charge on any atom is -0.504 e. The Morgan fingerprint density at radius 2 is 2.00 bits per heavy atom. The molecule has 9 nitrogen and oxygen atoms in total. The van der Waals surface area contributed by atoms with E-state index in [9.17, 15) is 19.5 Å². The molecule has 2 aromatic rings. The molecule has 4 amide bonds. The molecule has 1 heterocycles. The summed E-state index contributed by atoms with van der Waals surface area (Å²) >= 11 is 3.31. The van der Waals surface area contributed by atoms with Crippen LogP contribution in [0.3, 0.4) is 0 Å². The van der Waals surface area contributed by atoms with E-state index in [1.165, 1.54) is 25.3 Å². The molecule has 31 heavy (non-hydrogen) atoms. The fraction of sp³-hybridized carbons (Fsp3) is 0.190. The summed E-state index contributed by atoms with van der Waals surface area (Å²) in [7, 11) is 1.47. The van der Waals surface area contributed by atoms with Crippen LogP contribution in [-0.2, 0) is 9.59 Å². The van der Waals surface area contributed by atoms with Crippen molar-refractivity contribution >= 4 is 45.5 Å². The molecular weight excluding hydrogens is 470 g/mol. The molecule has 0 bridgehead atoms. The van der Waals surface area contributed by atoms with E-state index in [0.717, 1.165) is 4.90 Å². The first-order valence-electron chi connectivity index (χ1n) is 9.26. The summed E-state index contributed by atoms with van der Waals surface area (Å²) < 4.78 is 11.0. The monoisotopic (exact) mass is 489 g/mol. The van der Waals surface area contributed by atoms with Crippen molar-refractivity contribution in [3.63, 3.8) is 0 Å². The second kappa shape index (κ2) is 9.52. The Bertz CT molecular complexity index is 1070. The Kier molecular flexibility index (Phi) is 6.81. The highest BCUT2D eigenvalue weighted by Crippen LogP contribution is 2.34. The van der Waals surface area contributed by atoms with Gasteiger partial charge in [-0.3, -0.25) is 9.59 Å². The Morgan fingerprint density at radius 1 is 1.26 bits per heavy atom. The van der Waals surface area contributed by atoms with Crippen LogP contribution in [0.15, 0.2) is 46.6 Å². The van der Waals surface area contributed by atoms with Gasteiger partial charge in [-0.15, -0.1) is 0 Å². The number of methoxy groups -OCH3 is 1. The molecule has 1 aliphatic rings. The van der Waals surface area contributed by atoms with Crippen LogP contribution < -0.4 is 20.1 Å². The SMILES string of the molecule is CCOc1cc(/C=C2/NC(=O)N(CC(=O)Nc3ccccc3OC)C2=O)c(Br)cc1O. The zero-order chi connectivity index (χ0) is 22.5. The zero-order valence-electron chi connectivity index (χ0n) is 16.8. The minimum atomic E-state index is -0.716. The number of nitrogens with one attached hydrogen (secondary N) is 2. The van der Waals surface area contributed by atoms with E-state index in [1.807, 2.05) is 0 Å². The fourth-order valence-corrected chi connectivity index (χ4v) is 3.34. The molecule has 1 fully saturated rings. The number of phenols is 1. The molecule has 1 saturated heterocycles. The minimum absolute atomic E-state index is 0.0103. The fourth-order valence-electron chi connectivity index (χ4n) is 2.89. The molecule has 1 aliphatic heterocycles. The number of imide groups is 1. The number of urea groups is 1. The average Bonchev–Trinajstić information content (AvgIpc) is 2.99. The maximum Gasteiger partial charge on any atom is 0.329 e. The summed E-state index contributed by atoms with van der Waals surface area (Å²) in [5.74, 6) is -0.581. The molecule has 3 rings (SSSR count). The lowest BCUT2D eigenvalue weighted by atomic mass is 10.1. The predicted molar refractivity (Wildman–Crippen MR) is 117 cm³/mol. The van der Waals surface area contributed by atoms with Crippen molar-refractivity contribution in [1.82, 2.24) is 10.2 Å². The highest BCUT2D eigenvalue weighted by Gasteiger charge is 2.35. The van der Waals surface area contributed by atoms with Crippen LogP contribution in [0, 0.1) is 0 Å². The van der Waals surface area contributed by atoms with Crippen molar-refractivity contribution in [2.75, 3.05) is 25.6 Å². The number of hydrogen-bond donors (Lipinski definition) is 3. The van der Waals surface area contributed by atoms with Crippen LogP contribution in [0.5, 0.6) is 17.2 Å². The summed E-state index contributed by atoms with van der Waals surface area (Å²) in [6.07, 6.45) is 1.43. The zero-order valence-corrected chi connectivity index (χ0v) is 18.4. The number of halogens is 1. The van der Waals surface area contributed by atoms with Gasteiger partial charge in [0.25, 0.3) is 5.91 Å². The van der Waals surface area contributed by atoms with Crippen molar-refractivity contribution in [3.05, 3.63) is 52.1 Å². The van der Waals surface area contributed by atoms with E-state index >= 15 is 0 Å². The Morgan fingerprint density at radius 3 is 2.71 bits per heavy atom. The van der Waals surface area contributed by atoms with Gasteiger partial charge in [-0.1, -0.05) is 28.1 Å². The number of aromatic hydroxyl groups is 1. The van der Waals surface area contributed by atoms with Crippen LogP contribution in [0.4, 0.5) is 10.5 Å². The number of amides is 4. The predicted octanol–water partition coefficient (Wildman–Crippen LogP) is 3.09. The molecule has 0 unspecified atom stereocenters. The smallest absolute Gasteiger partial charge is 0.329 e. The standard InChI is InChI=1S/C21H20BrN3O6/c1-3-31-18-9-12(13(22)10-16(18)26)8-15-20(28)25(21(29)24-15)11-19(27)23-14-6-4-5-7-17(14)30-2/h4-10,26H,3,11H2,1-2H3,(H,23,27)(H,24,29)/b15-8+. The number of para-hydroxylation sites is 2. The Hall–Kier alpha value is -3.53. The van der Waals surface area contributed by atoms with Crippen LogP contribution in [-0.4, -0.2) is 48.1 Å². The van der Waals surface area contributed by atoms with Crippen LogP contribution >= 0.6 is 15.9 Å². The van der Waals surface area contributed by atoms with Gasteiger partial charge in [0.15, 0.2) is 11.5 Å². The van der Waals surface area contributed by atoms with E-state index in [1.54, 1.807) is 31.2 Å². The summed E-state index contributed by atoms with van der Waals surface area (Å²) in [5.41, 5.74) is 0.920. The number of rotatable bonds is 7. The maximum atomic E-state index is 12.7. The van der Waals surface area contributed by atoms with Gasteiger partial charge in [-0.05, 0) is 42.8 Å². The van der Waals surface area contributed by atoms with E-state index in [-0.39, 0.29) is 17.2 Å². The first kappa shape index (κ1) is 22.2. The summed E-state index contributed by atoms with van der Waals surface area (Å²) in [6.45, 7) is 1.64. The summed E-state index contributed by atoms with van der Waals surface area (Å²) in [6, 6.07) is 9.04. The van der Waals surface area contributed by atoms with Gasteiger partial charge in [0.2, 0.25) is 5.91 Å². The van der Waals surface area contributed by atoms with Gasteiger partial charge in [0.05, 0.1) is 19.4 Å². The number of hydrogen-bond acceptors (Lipinski definition) is 6. The van der Waals surface area contributed by atoms with E-state index in [2.05, 4.69) is 26.6 Å². The lowest BCUT2D eigenvalue weighted by Crippen LogP contribution is -2.38. The third-order valence-corrected chi connectivity index (χ3v) is 5.01. The van der Waals surface area contributed by atoms with Crippen molar-refractivity contribution in [2.45, 2.75) is 6.92 Å². The molecular formula is C21H20BrN3O6. The lowest BCUT2D eigenvalue weighted by Gasteiger charge is -2.13. The van der Waals surface area contributed by atoms with Crippen LogP contribution in [0.1, 0.15) is 12.5 Å². The molecule has 162 valence electrons. The number of nitrogens with zero attached hydrogens (tertiary/aromatic N) is 1. The molecule has 0 aliphatic carbocycles.